The van der Waals surface area contributed by atoms with Crippen LogP contribution in [0.15, 0.2) is 77.9 Å². The van der Waals surface area contributed by atoms with Crippen LogP contribution in [0.2, 0.25) is 0 Å². The first-order valence-electron chi connectivity index (χ1n) is 8.75. The van der Waals surface area contributed by atoms with Crippen molar-refractivity contribution in [3.05, 3.63) is 89.6 Å². The van der Waals surface area contributed by atoms with Gasteiger partial charge in [0.1, 0.15) is 0 Å². The van der Waals surface area contributed by atoms with Gasteiger partial charge in [-0.2, -0.15) is 0 Å². The molecule has 3 rings (SSSR count). The summed E-state index contributed by atoms with van der Waals surface area (Å²) in [5, 5.41) is 6.71. The summed E-state index contributed by atoms with van der Waals surface area (Å²) in [4.78, 5) is 8.71. The quantitative estimate of drug-likeness (QED) is 0.545. The molecule has 4 nitrogen and oxygen atoms in total. The molecule has 0 aliphatic rings. The third kappa shape index (κ3) is 4.93. The van der Waals surface area contributed by atoms with Crippen molar-refractivity contribution >= 4 is 5.96 Å². The first-order chi connectivity index (χ1) is 12.7. The monoisotopic (exact) mass is 344 g/mol. The zero-order chi connectivity index (χ0) is 18.2. The van der Waals surface area contributed by atoms with Crippen LogP contribution in [-0.2, 0) is 13.1 Å². The fraction of sp³-hybridized carbons (Fsp3) is 0.182. The highest BCUT2D eigenvalue weighted by molar-refractivity contribution is 5.79. The lowest BCUT2D eigenvalue weighted by Gasteiger charge is -2.13. The molecule has 4 heteroatoms. The Balaban J connectivity index is 1.58. The molecule has 0 radical (unpaired) electrons. The Kier molecular flexibility index (Phi) is 5.99. The van der Waals surface area contributed by atoms with E-state index in [4.69, 9.17) is 0 Å². The second kappa shape index (κ2) is 8.81. The summed E-state index contributed by atoms with van der Waals surface area (Å²) in [5.74, 6) is 0.786. The highest BCUT2D eigenvalue weighted by Gasteiger charge is 2.02. The summed E-state index contributed by atoms with van der Waals surface area (Å²) >= 11 is 0. The lowest BCUT2D eigenvalue weighted by Crippen LogP contribution is -2.36. The smallest absolute Gasteiger partial charge is 0.191 e. The Morgan fingerprint density at radius 1 is 0.885 bits per heavy atom. The average Bonchev–Trinajstić information content (AvgIpc) is 2.70. The van der Waals surface area contributed by atoms with Crippen molar-refractivity contribution in [3.63, 3.8) is 0 Å². The van der Waals surface area contributed by atoms with Crippen molar-refractivity contribution in [2.24, 2.45) is 4.99 Å². The number of guanidine groups is 1. The number of nitrogens with one attached hydrogen (secondary N) is 2. The summed E-state index contributed by atoms with van der Waals surface area (Å²) in [6.45, 7) is 3.54. The largest absolute Gasteiger partial charge is 0.352 e. The van der Waals surface area contributed by atoms with Gasteiger partial charge in [0.15, 0.2) is 5.96 Å². The normalized spacial score (nSPS) is 11.2. The molecular weight excluding hydrogens is 320 g/mol. The van der Waals surface area contributed by atoms with Crippen molar-refractivity contribution in [1.82, 2.24) is 15.6 Å². The summed E-state index contributed by atoms with van der Waals surface area (Å²) in [5.41, 5.74) is 5.79. The molecule has 1 heterocycles. The minimum Gasteiger partial charge on any atom is -0.352 e. The molecule has 0 saturated carbocycles. The average molecular weight is 344 g/mol. The first-order valence-corrected chi connectivity index (χ1v) is 8.75. The number of hydrogen-bond acceptors (Lipinski definition) is 2. The van der Waals surface area contributed by atoms with Crippen LogP contribution in [0.1, 0.15) is 16.7 Å². The van der Waals surface area contributed by atoms with E-state index in [9.17, 15) is 0 Å². The highest BCUT2D eigenvalue weighted by atomic mass is 15.2. The molecule has 1 aromatic heterocycles. The lowest BCUT2D eigenvalue weighted by molar-refractivity contribution is 0.809. The van der Waals surface area contributed by atoms with Crippen LogP contribution in [0.4, 0.5) is 0 Å². The van der Waals surface area contributed by atoms with E-state index in [1.165, 1.54) is 16.7 Å². The topological polar surface area (TPSA) is 49.3 Å². The van der Waals surface area contributed by atoms with Crippen LogP contribution < -0.4 is 10.6 Å². The van der Waals surface area contributed by atoms with Gasteiger partial charge in [0.05, 0.1) is 5.69 Å². The van der Waals surface area contributed by atoms with E-state index in [0.717, 1.165) is 23.8 Å². The van der Waals surface area contributed by atoms with Crippen LogP contribution in [0.3, 0.4) is 0 Å². The van der Waals surface area contributed by atoms with Crippen molar-refractivity contribution in [2.75, 3.05) is 7.05 Å². The molecule has 0 aliphatic heterocycles. The fourth-order valence-electron chi connectivity index (χ4n) is 2.67. The minimum atomic E-state index is 0.703. The molecule has 0 bridgehead atoms. The Morgan fingerprint density at radius 2 is 1.65 bits per heavy atom. The number of hydrogen-bond donors (Lipinski definition) is 2. The third-order valence-corrected chi connectivity index (χ3v) is 4.15. The van der Waals surface area contributed by atoms with Gasteiger partial charge in [-0.1, -0.05) is 54.1 Å². The van der Waals surface area contributed by atoms with Crippen molar-refractivity contribution in [3.8, 4) is 11.3 Å². The lowest BCUT2D eigenvalue weighted by atomic mass is 10.1. The Morgan fingerprint density at radius 3 is 2.35 bits per heavy atom. The van der Waals surface area contributed by atoms with Crippen molar-refractivity contribution < 1.29 is 0 Å². The molecule has 0 unspecified atom stereocenters. The van der Waals surface area contributed by atoms with E-state index in [-0.39, 0.29) is 0 Å². The van der Waals surface area contributed by atoms with Crippen molar-refractivity contribution in [1.29, 1.82) is 0 Å². The standard InChI is InChI=1S/C22H24N4/c1-17-9-11-18(12-10-17)15-25-22(23-2)26-16-19-6-5-7-20(14-19)21-8-3-4-13-24-21/h3-14H,15-16H2,1-2H3,(H2,23,25,26). The number of aromatic nitrogens is 1. The van der Waals surface area contributed by atoms with Gasteiger partial charge in [-0.3, -0.25) is 9.98 Å². The Labute approximate surface area is 155 Å². The fourth-order valence-corrected chi connectivity index (χ4v) is 2.67. The molecule has 26 heavy (non-hydrogen) atoms. The maximum absolute atomic E-state index is 4.41. The predicted molar refractivity (Wildman–Crippen MR) is 108 cm³/mol. The summed E-state index contributed by atoms with van der Waals surface area (Å²) in [6.07, 6.45) is 1.82. The maximum Gasteiger partial charge on any atom is 0.191 e. The van der Waals surface area contributed by atoms with Gasteiger partial charge in [0.2, 0.25) is 0 Å². The molecule has 2 aromatic carbocycles. The molecule has 132 valence electrons. The van der Waals surface area contributed by atoms with Gasteiger partial charge in [-0.05, 0) is 36.2 Å². The second-order valence-corrected chi connectivity index (χ2v) is 6.18. The van der Waals surface area contributed by atoms with E-state index in [2.05, 4.69) is 76.1 Å². The number of rotatable bonds is 5. The van der Waals surface area contributed by atoms with Crippen LogP contribution in [0, 0.1) is 6.92 Å². The summed E-state index contributed by atoms with van der Waals surface area (Å²) in [6, 6.07) is 22.9. The minimum absolute atomic E-state index is 0.703. The van der Waals surface area contributed by atoms with Crippen LogP contribution in [0.25, 0.3) is 11.3 Å². The van der Waals surface area contributed by atoms with Gasteiger partial charge in [-0.25, -0.2) is 0 Å². The highest BCUT2D eigenvalue weighted by Crippen LogP contribution is 2.17. The van der Waals surface area contributed by atoms with Gasteiger partial charge >= 0.3 is 0 Å². The predicted octanol–water partition coefficient (Wildman–Crippen LogP) is 3.92. The number of aliphatic imine (C=N–C) groups is 1. The maximum atomic E-state index is 4.41. The van der Waals surface area contributed by atoms with E-state index in [1.54, 1.807) is 7.05 Å². The van der Waals surface area contributed by atoms with E-state index >= 15 is 0 Å². The SMILES string of the molecule is CN=C(NCc1ccc(C)cc1)NCc1cccc(-c2ccccn2)c1. The second-order valence-electron chi connectivity index (χ2n) is 6.18. The Bertz CT molecular complexity index is 855. The van der Waals surface area contributed by atoms with E-state index in [0.29, 0.717) is 6.54 Å². The molecule has 0 saturated heterocycles. The zero-order valence-corrected chi connectivity index (χ0v) is 15.2. The zero-order valence-electron chi connectivity index (χ0n) is 15.2. The van der Waals surface area contributed by atoms with Gasteiger partial charge in [0.25, 0.3) is 0 Å². The van der Waals surface area contributed by atoms with Crippen LogP contribution >= 0.6 is 0 Å². The van der Waals surface area contributed by atoms with Crippen molar-refractivity contribution in [2.45, 2.75) is 20.0 Å². The summed E-state index contributed by atoms with van der Waals surface area (Å²) in [7, 11) is 1.79. The van der Waals surface area contributed by atoms with E-state index in [1.807, 2.05) is 24.4 Å². The van der Waals surface area contributed by atoms with Gasteiger partial charge in [0, 0.05) is 31.9 Å². The van der Waals surface area contributed by atoms with Crippen LogP contribution in [0.5, 0.6) is 0 Å². The molecular formula is C22H24N4. The number of aryl methyl sites for hydroxylation is 1. The number of nitrogens with zero attached hydrogens (tertiary/aromatic N) is 2. The first kappa shape index (κ1) is 17.7. The molecule has 0 spiro atoms. The number of pyridine rings is 1. The Hall–Kier alpha value is -3.14. The molecule has 0 fully saturated rings. The third-order valence-electron chi connectivity index (χ3n) is 4.15. The number of benzene rings is 2. The molecule has 0 amide bonds. The van der Waals surface area contributed by atoms with Gasteiger partial charge < -0.3 is 10.6 Å². The van der Waals surface area contributed by atoms with E-state index < -0.39 is 0 Å². The van der Waals surface area contributed by atoms with Gasteiger partial charge in [-0.15, -0.1) is 0 Å². The molecule has 0 atom stereocenters. The van der Waals surface area contributed by atoms with Crippen LogP contribution in [-0.4, -0.2) is 18.0 Å². The molecule has 2 N–H and O–H groups in total. The molecule has 0 aliphatic carbocycles. The molecule has 3 aromatic rings. The summed E-state index contributed by atoms with van der Waals surface area (Å²) < 4.78 is 0.